The Hall–Kier alpha value is -4.60. The summed E-state index contributed by atoms with van der Waals surface area (Å²) in [6.45, 7) is 2.66. The van der Waals surface area contributed by atoms with Gasteiger partial charge in [-0.05, 0) is 42.0 Å². The van der Waals surface area contributed by atoms with E-state index < -0.39 is 0 Å². The van der Waals surface area contributed by atoms with Crippen LogP contribution in [0.2, 0.25) is 0 Å². The molecule has 9 heteroatoms. The zero-order valence-corrected chi connectivity index (χ0v) is 23.3. The molecule has 4 aromatic heterocycles. The first kappa shape index (κ1) is 25.4. The third kappa shape index (κ3) is 4.63. The topological polar surface area (TPSA) is 80.0 Å². The number of aromatic nitrogens is 3. The van der Waals surface area contributed by atoms with Gasteiger partial charge in [0.1, 0.15) is 11.5 Å². The fourth-order valence-electron chi connectivity index (χ4n) is 5.42. The lowest BCUT2D eigenvalue weighted by atomic mass is 10.0. The fraction of sp³-hybridized carbons (Fsp3) is 0.188. The number of morpholine rings is 1. The van der Waals surface area contributed by atoms with E-state index in [1.807, 2.05) is 43.4 Å². The predicted molar refractivity (Wildman–Crippen MR) is 164 cm³/mol. The van der Waals surface area contributed by atoms with Crippen LogP contribution in [0.1, 0.15) is 5.56 Å². The first-order valence-corrected chi connectivity index (χ1v) is 14.3. The third-order valence-corrected chi connectivity index (χ3v) is 8.84. The highest BCUT2D eigenvalue weighted by molar-refractivity contribution is 7.26. The van der Waals surface area contributed by atoms with Gasteiger partial charge >= 0.3 is 0 Å². The van der Waals surface area contributed by atoms with E-state index in [1.165, 1.54) is 0 Å². The summed E-state index contributed by atoms with van der Waals surface area (Å²) in [5, 5.41) is 2.19. The third-order valence-electron chi connectivity index (χ3n) is 7.62. The number of hydrogen-bond acceptors (Lipinski definition) is 7. The van der Waals surface area contributed by atoms with Crippen LogP contribution in [0.25, 0.3) is 36.9 Å². The van der Waals surface area contributed by atoms with E-state index in [9.17, 15) is 9.59 Å². The molecule has 0 spiro atoms. The number of anilines is 2. The molecule has 0 aliphatic carbocycles. The molecule has 0 N–H and O–H groups in total. The van der Waals surface area contributed by atoms with Gasteiger partial charge in [-0.2, -0.15) is 0 Å². The Morgan fingerprint density at radius 2 is 1.85 bits per heavy atom. The van der Waals surface area contributed by atoms with E-state index in [0.29, 0.717) is 37.8 Å². The lowest BCUT2D eigenvalue weighted by molar-refractivity contribution is -0.117. The van der Waals surface area contributed by atoms with Crippen molar-refractivity contribution in [2.24, 2.45) is 0 Å². The van der Waals surface area contributed by atoms with Crippen LogP contribution in [0, 0.1) is 0 Å². The number of pyridine rings is 2. The molecule has 6 aromatic rings. The van der Waals surface area contributed by atoms with E-state index in [4.69, 9.17) is 9.72 Å². The molecule has 1 aliphatic heterocycles. The maximum absolute atomic E-state index is 13.1. The zero-order chi connectivity index (χ0) is 27.9. The smallest absolute Gasteiger partial charge is 0.259 e. The van der Waals surface area contributed by atoms with Gasteiger partial charge in [0, 0.05) is 81.8 Å². The number of carbonyl (C=O) groups excluding carboxylic acids is 1. The van der Waals surface area contributed by atoms with Gasteiger partial charge in [-0.1, -0.05) is 24.3 Å². The second-order valence-electron chi connectivity index (χ2n) is 10.1. The quantitative estimate of drug-likeness (QED) is 0.289. The van der Waals surface area contributed by atoms with Gasteiger partial charge in [0.2, 0.25) is 5.91 Å². The largest absolute Gasteiger partial charge is 0.378 e. The number of rotatable bonds is 5. The van der Waals surface area contributed by atoms with E-state index in [-0.39, 0.29) is 17.9 Å². The Morgan fingerprint density at radius 3 is 2.68 bits per heavy atom. The van der Waals surface area contributed by atoms with Crippen molar-refractivity contribution in [3.63, 3.8) is 0 Å². The number of amides is 1. The summed E-state index contributed by atoms with van der Waals surface area (Å²) in [4.78, 5) is 39.1. The SMILES string of the molecule is CN(C(=O)Cc1cccnc1)c1ccc2sc3c(-c4cccn5c(=O)cc(N6CCOCC6)nc45)cccc3c2c1. The molecule has 1 aliphatic rings. The van der Waals surface area contributed by atoms with Gasteiger partial charge in [-0.15, -0.1) is 11.3 Å². The predicted octanol–water partition coefficient (Wildman–Crippen LogP) is 5.17. The molecule has 41 heavy (non-hydrogen) atoms. The number of likely N-dealkylation sites (N-methyl/N-ethyl adjacent to an activating group) is 1. The highest BCUT2D eigenvalue weighted by atomic mass is 32.1. The number of hydrogen-bond donors (Lipinski definition) is 0. The zero-order valence-electron chi connectivity index (χ0n) is 22.5. The Morgan fingerprint density at radius 1 is 1.00 bits per heavy atom. The minimum atomic E-state index is -0.106. The van der Waals surface area contributed by atoms with Gasteiger partial charge in [-0.25, -0.2) is 4.98 Å². The van der Waals surface area contributed by atoms with Crippen LogP contribution in [-0.4, -0.2) is 53.6 Å². The van der Waals surface area contributed by atoms with Crippen LogP contribution in [0.4, 0.5) is 11.5 Å². The molecule has 5 heterocycles. The summed E-state index contributed by atoms with van der Waals surface area (Å²) in [7, 11) is 1.81. The molecule has 2 aromatic carbocycles. The molecule has 0 radical (unpaired) electrons. The highest BCUT2D eigenvalue weighted by Crippen LogP contribution is 2.41. The van der Waals surface area contributed by atoms with Crippen LogP contribution in [-0.2, 0) is 16.0 Å². The molecule has 0 unspecified atom stereocenters. The summed E-state index contributed by atoms with van der Waals surface area (Å²) in [6, 6.07) is 21.7. The average Bonchev–Trinajstić information content (AvgIpc) is 3.39. The molecule has 7 rings (SSSR count). The van der Waals surface area contributed by atoms with E-state index in [0.717, 1.165) is 42.6 Å². The standard InChI is InChI=1S/C32H27N5O3S/c1-35(29(38)17-21-5-3-11-33-20-21)22-9-10-27-26(18-22)24-7-2-6-23(31(24)41-27)25-8-4-12-37-30(39)19-28(34-32(25)37)36-13-15-40-16-14-36/h2-12,18-20H,13-17H2,1H3. The average molecular weight is 562 g/mol. The number of nitrogens with zero attached hydrogens (tertiary/aromatic N) is 5. The molecular formula is C32H27N5O3S. The number of carbonyl (C=O) groups is 1. The maximum Gasteiger partial charge on any atom is 0.259 e. The minimum absolute atomic E-state index is 0.000850. The molecule has 1 fully saturated rings. The summed E-state index contributed by atoms with van der Waals surface area (Å²) >= 11 is 1.71. The number of benzene rings is 2. The number of fused-ring (bicyclic) bond motifs is 4. The highest BCUT2D eigenvalue weighted by Gasteiger charge is 2.19. The molecule has 1 amide bonds. The van der Waals surface area contributed by atoms with Gasteiger partial charge in [0.05, 0.1) is 19.6 Å². The van der Waals surface area contributed by atoms with Crippen LogP contribution in [0.5, 0.6) is 0 Å². The maximum atomic E-state index is 13.1. The molecule has 204 valence electrons. The van der Waals surface area contributed by atoms with Gasteiger partial charge in [-0.3, -0.25) is 19.0 Å². The van der Waals surface area contributed by atoms with Crippen molar-refractivity contribution in [3.8, 4) is 11.1 Å². The number of thiophene rings is 1. The first-order chi connectivity index (χ1) is 20.1. The van der Waals surface area contributed by atoms with Crippen LogP contribution in [0.15, 0.2) is 90.1 Å². The van der Waals surface area contributed by atoms with Crippen LogP contribution < -0.4 is 15.4 Å². The summed E-state index contributed by atoms with van der Waals surface area (Å²) in [5.41, 5.74) is 4.18. The molecule has 0 bridgehead atoms. The second kappa shape index (κ2) is 10.4. The Kier molecular flexibility index (Phi) is 6.45. The van der Waals surface area contributed by atoms with Crippen molar-refractivity contribution in [2.45, 2.75) is 6.42 Å². The van der Waals surface area contributed by atoms with E-state index in [2.05, 4.69) is 34.1 Å². The number of ether oxygens (including phenoxy) is 1. The van der Waals surface area contributed by atoms with Crippen molar-refractivity contribution < 1.29 is 9.53 Å². The molecule has 0 saturated carbocycles. The first-order valence-electron chi connectivity index (χ1n) is 13.5. The lowest BCUT2D eigenvalue weighted by Gasteiger charge is -2.27. The van der Waals surface area contributed by atoms with Crippen molar-refractivity contribution in [1.82, 2.24) is 14.4 Å². The van der Waals surface area contributed by atoms with Crippen LogP contribution >= 0.6 is 11.3 Å². The van der Waals surface area contributed by atoms with Crippen LogP contribution in [0.3, 0.4) is 0 Å². The summed E-state index contributed by atoms with van der Waals surface area (Å²) < 4.78 is 9.36. The van der Waals surface area contributed by atoms with Crippen molar-refractivity contribution in [1.29, 1.82) is 0 Å². The molecule has 0 atom stereocenters. The minimum Gasteiger partial charge on any atom is -0.378 e. The van der Waals surface area contributed by atoms with Crippen molar-refractivity contribution >= 4 is 54.6 Å². The molecular weight excluding hydrogens is 534 g/mol. The summed E-state index contributed by atoms with van der Waals surface area (Å²) in [5.74, 6) is 0.679. The van der Waals surface area contributed by atoms with Gasteiger partial charge in [0.15, 0.2) is 0 Å². The molecule has 8 nitrogen and oxygen atoms in total. The van der Waals surface area contributed by atoms with Crippen molar-refractivity contribution in [2.75, 3.05) is 43.2 Å². The lowest BCUT2D eigenvalue weighted by Crippen LogP contribution is -2.37. The summed E-state index contributed by atoms with van der Waals surface area (Å²) in [6.07, 6.45) is 5.49. The van der Waals surface area contributed by atoms with Gasteiger partial charge < -0.3 is 14.5 Å². The Bertz CT molecular complexity index is 1980. The normalized spacial score (nSPS) is 13.7. The molecule has 1 saturated heterocycles. The Balaban J connectivity index is 1.31. The fourth-order valence-corrected chi connectivity index (χ4v) is 6.64. The van der Waals surface area contributed by atoms with E-state index >= 15 is 0 Å². The van der Waals surface area contributed by atoms with E-state index in [1.54, 1.807) is 45.3 Å². The second-order valence-corrected chi connectivity index (χ2v) is 11.2. The van der Waals surface area contributed by atoms with Gasteiger partial charge in [0.25, 0.3) is 5.56 Å². The Labute approximate surface area is 240 Å². The monoisotopic (exact) mass is 561 g/mol. The van der Waals surface area contributed by atoms with Crippen molar-refractivity contribution in [3.05, 3.63) is 101 Å².